The molecule has 7 aliphatic rings. The first kappa shape index (κ1) is 78.3. The van der Waals surface area contributed by atoms with Gasteiger partial charge in [0.25, 0.3) is 0 Å². The highest BCUT2D eigenvalue weighted by molar-refractivity contribution is 7.91. The van der Waals surface area contributed by atoms with Gasteiger partial charge in [-0.2, -0.15) is 25.9 Å². The summed E-state index contributed by atoms with van der Waals surface area (Å²) in [4.78, 5) is 76.7. The zero-order valence-corrected chi connectivity index (χ0v) is 57.9. The first-order chi connectivity index (χ1) is 36.9. The molecule has 0 saturated carbocycles. The molecule has 0 bridgehead atoms. The van der Waals surface area contributed by atoms with E-state index in [1.807, 2.05) is 148 Å². The van der Waals surface area contributed by atoms with Crippen molar-refractivity contribution in [2.24, 2.45) is 50.2 Å². The van der Waals surface area contributed by atoms with Gasteiger partial charge in [-0.05, 0) is 59.2 Å². The molecule has 0 aliphatic carbocycles. The van der Waals surface area contributed by atoms with Crippen molar-refractivity contribution in [3.8, 4) is 0 Å². The summed E-state index contributed by atoms with van der Waals surface area (Å²) < 4.78 is 152. The fraction of sp³-hybridized carbons (Fsp3) is 0.857. The summed E-state index contributed by atoms with van der Waals surface area (Å²) in [7, 11) is -19.5. The lowest BCUT2D eigenvalue weighted by atomic mass is 9.80. The average molecular weight is 1340 g/mol. The largest absolute Gasteiger partial charge is 0.304 e. The Hall–Kier alpha value is -3.74. The number of hydrogen-bond donors (Lipinski definition) is 8. The molecule has 0 aromatic rings. The number of nitrogens with zero attached hydrogens (tertiary/aromatic N) is 1. The molecule has 8 N–H and O–H groups in total. The third-order valence-corrected chi connectivity index (χ3v) is 24.1. The van der Waals surface area contributed by atoms with Crippen LogP contribution in [0, 0.1) is 50.2 Å². The van der Waals surface area contributed by atoms with Crippen molar-refractivity contribution in [2.75, 3.05) is 23.8 Å². The molecule has 7 rings (SSSR count). The number of carbonyl (C=O) groups excluding carboxylic acids is 7. The minimum atomic E-state index is -3.61. The number of hydrogen-bond acceptors (Lipinski definition) is 19. The van der Waals surface area contributed by atoms with E-state index >= 15 is 0 Å². The number of amides is 7. The molecule has 28 nitrogen and oxygen atoms in total. The van der Waals surface area contributed by atoms with Gasteiger partial charge in [0.05, 0.1) is 46.1 Å². The molecule has 7 saturated heterocycles. The molecule has 0 aromatic carbocycles. The number of carbonyl (C=O) groups is 7. The Morgan fingerprint density at radius 3 is 1.15 bits per heavy atom. The van der Waals surface area contributed by atoms with E-state index in [0.29, 0.717) is 18.6 Å². The van der Waals surface area contributed by atoms with Gasteiger partial charge in [0.2, 0.25) is 71.4 Å². The number of sulfonamides is 3. The van der Waals surface area contributed by atoms with E-state index in [-0.39, 0.29) is 110 Å². The van der Waals surface area contributed by atoms with Gasteiger partial charge in [-0.3, -0.25) is 57.2 Å². The standard InChI is InChI=1S/C8H15NO3S.C7H14N2O3S.2C7H13NO3S.2C7H13NO2S.C6H12N2O3S/c1-8(2,3)6-4-7(10)9-13(11,12)5-6;1-7(2,3)5-4-6(10)9-13(11,12)8-5;1-7(2,3)5-4-12(10,11)8-6(5)9;1-7(2,3)5-4-6(9)8-12(5,10)11;1-7(2,3)5-4-11(10)8-6(5)9;1-7(2,3)5-4-6(9)8-11(5)10;1-6(2,3)8-4-5(9)7-12(8,10)11/h6H,4-5H2,1-3H3,(H,9,10);5,8H,4H2,1-3H3,(H,9,10);2*5H,4H2,1-3H3,(H,8,9);2*5H,4H2,1-3H3,(H,8,9);4H2,1-3H3,(H,7,9). The number of nitrogens with one attached hydrogen (secondary N) is 8. The first-order valence-electron chi connectivity index (χ1n) is 26.6. The molecule has 84 heavy (non-hydrogen) atoms. The summed E-state index contributed by atoms with van der Waals surface area (Å²) in [5.41, 5.74) is -1.71. The van der Waals surface area contributed by atoms with Crippen molar-refractivity contribution in [1.82, 2.24) is 42.1 Å². The summed E-state index contributed by atoms with van der Waals surface area (Å²) >= 11 is 0. The summed E-state index contributed by atoms with van der Waals surface area (Å²) in [6, 6.07) is -0.328. The van der Waals surface area contributed by atoms with Gasteiger partial charge in [-0.1, -0.05) is 125 Å². The lowest BCUT2D eigenvalue weighted by Crippen LogP contribution is -2.56. The van der Waals surface area contributed by atoms with E-state index in [4.69, 9.17) is 0 Å². The van der Waals surface area contributed by atoms with Gasteiger partial charge >= 0.3 is 20.4 Å². The Bertz CT molecular complexity index is 2930. The van der Waals surface area contributed by atoms with Crippen molar-refractivity contribution in [1.29, 1.82) is 0 Å². The van der Waals surface area contributed by atoms with Crippen LogP contribution in [0.3, 0.4) is 0 Å². The van der Waals surface area contributed by atoms with Crippen LogP contribution in [-0.2, 0) is 106 Å². The van der Waals surface area contributed by atoms with Crippen LogP contribution in [0.15, 0.2) is 0 Å². The maximum Gasteiger partial charge on any atom is 0.304 e. The van der Waals surface area contributed by atoms with Crippen molar-refractivity contribution in [3.05, 3.63) is 0 Å². The topological polar surface area (TPSA) is 424 Å². The smallest absolute Gasteiger partial charge is 0.275 e. The maximum atomic E-state index is 11.3. The van der Waals surface area contributed by atoms with Crippen LogP contribution in [0.1, 0.15) is 171 Å². The normalized spacial score (nSPS) is 28.8. The lowest BCUT2D eigenvalue weighted by Gasteiger charge is -2.33. The van der Waals surface area contributed by atoms with E-state index in [9.17, 15) is 84.1 Å². The Labute approximate surface area is 504 Å². The van der Waals surface area contributed by atoms with Gasteiger partial charge in [-0.25, -0.2) is 43.1 Å². The van der Waals surface area contributed by atoms with Gasteiger partial charge < -0.3 is 0 Å². The zero-order valence-electron chi connectivity index (χ0n) is 52.2. The van der Waals surface area contributed by atoms with Crippen LogP contribution >= 0.6 is 0 Å². The summed E-state index contributed by atoms with van der Waals surface area (Å²) in [5.74, 6) is -2.37. The Morgan fingerprint density at radius 2 is 0.917 bits per heavy atom. The van der Waals surface area contributed by atoms with Crippen LogP contribution in [0.5, 0.6) is 0 Å². The Morgan fingerprint density at radius 1 is 0.440 bits per heavy atom. The second-order valence-electron chi connectivity index (χ2n) is 28.6. The SMILES string of the molecule is CC(C)(C)C1CC(=O)NS(=O)(=O)C1.CC(C)(C)C1CC(=O)NS(=O)(=O)N1.CC(C)(C)C1CC(=O)NS1(=O)=O.CC(C)(C)C1CC(=O)NS1=O.CC(C)(C)C1CS(=O)(=O)NC1=O.CC(C)(C)C1CS(=O)NC1=O.CC(C)(C)N1CC(=O)NS1(=O)=O. The van der Waals surface area contributed by atoms with Crippen molar-refractivity contribution in [3.63, 3.8) is 0 Å². The highest BCUT2D eigenvalue weighted by Gasteiger charge is 2.46. The summed E-state index contributed by atoms with van der Waals surface area (Å²) in [5, 5.41) is -0.618. The second kappa shape index (κ2) is 27.8. The minimum absolute atomic E-state index is 0.0324. The van der Waals surface area contributed by atoms with E-state index < -0.39 is 107 Å². The van der Waals surface area contributed by atoms with E-state index in [0.717, 1.165) is 4.31 Å². The van der Waals surface area contributed by atoms with Crippen LogP contribution in [0.2, 0.25) is 0 Å². The monoisotopic (exact) mass is 1340 g/mol. The molecule has 7 heterocycles. The zero-order chi connectivity index (χ0) is 66.6. The van der Waals surface area contributed by atoms with Crippen LogP contribution in [0.25, 0.3) is 0 Å². The molecule has 8 unspecified atom stereocenters. The molecule has 35 heteroatoms. The van der Waals surface area contributed by atoms with Gasteiger partial charge in [0, 0.05) is 37.3 Å². The van der Waals surface area contributed by atoms with Gasteiger partial charge in [0.15, 0.2) is 0 Å². The molecule has 0 aromatic heterocycles. The molecule has 7 aliphatic heterocycles. The average Bonchev–Trinajstić information content (AvgIpc) is 4.00. The maximum absolute atomic E-state index is 11.3. The highest BCUT2D eigenvalue weighted by Crippen LogP contribution is 2.34. The van der Waals surface area contributed by atoms with Gasteiger partial charge in [-0.15, -0.1) is 0 Å². The van der Waals surface area contributed by atoms with E-state index in [1.54, 1.807) is 20.8 Å². The Kier molecular flexibility index (Phi) is 25.9. The third kappa shape index (κ3) is 25.9. The predicted molar refractivity (Wildman–Crippen MR) is 319 cm³/mol. The van der Waals surface area contributed by atoms with Crippen LogP contribution in [-0.4, -0.2) is 142 Å². The van der Waals surface area contributed by atoms with E-state index in [1.165, 1.54) is 0 Å². The second-order valence-corrected chi connectivity index (χ2v) is 39.7. The molecule has 7 amide bonds. The minimum Gasteiger partial charge on any atom is -0.275 e. The van der Waals surface area contributed by atoms with Crippen molar-refractivity contribution < 1.29 is 84.1 Å². The molecule has 7 fully saturated rings. The molecular formula is C49H93N9O19S7. The van der Waals surface area contributed by atoms with Crippen molar-refractivity contribution >= 4 is 114 Å². The fourth-order valence-electron chi connectivity index (χ4n) is 8.24. The Balaban J connectivity index is 0.000000490. The quantitative estimate of drug-likeness (QED) is 0.168. The third-order valence-electron chi connectivity index (χ3n) is 13.6. The molecular weight excluding hydrogens is 1240 g/mol. The van der Waals surface area contributed by atoms with Crippen molar-refractivity contribution in [2.45, 2.75) is 193 Å². The predicted octanol–water partition coefficient (Wildman–Crippen LogP) is 1.10. The van der Waals surface area contributed by atoms with E-state index in [2.05, 4.69) is 14.2 Å². The number of rotatable bonds is 0. The van der Waals surface area contributed by atoms with Crippen LogP contribution < -0.4 is 37.8 Å². The molecule has 0 spiro atoms. The fourth-order valence-corrected chi connectivity index (χ4v) is 18.9. The van der Waals surface area contributed by atoms with Gasteiger partial charge in [0.1, 0.15) is 22.0 Å². The first-order valence-corrected chi connectivity index (χ1v) is 36.9. The lowest BCUT2D eigenvalue weighted by molar-refractivity contribution is -0.125. The molecule has 490 valence electrons. The van der Waals surface area contributed by atoms with Crippen LogP contribution in [0.4, 0.5) is 0 Å². The summed E-state index contributed by atoms with van der Waals surface area (Å²) in [6.07, 6.45) is 0.993. The molecule has 8 atom stereocenters. The molecule has 0 radical (unpaired) electrons. The highest BCUT2D eigenvalue weighted by atomic mass is 32.2. The summed E-state index contributed by atoms with van der Waals surface area (Å²) in [6.45, 7) is 39.6.